The summed E-state index contributed by atoms with van der Waals surface area (Å²) in [7, 11) is 3.22. The summed E-state index contributed by atoms with van der Waals surface area (Å²) in [5.41, 5.74) is 4.24. The fourth-order valence-corrected chi connectivity index (χ4v) is 4.12. The Bertz CT molecular complexity index is 714. The van der Waals surface area contributed by atoms with Crippen molar-refractivity contribution in [3.8, 4) is 0 Å². The summed E-state index contributed by atoms with van der Waals surface area (Å²) < 4.78 is 0. The first-order valence-corrected chi connectivity index (χ1v) is 9.64. The average Bonchev–Trinajstić information content (AvgIpc) is 2.64. The minimum Gasteiger partial charge on any atom is -0.130 e. The molecule has 0 aliphatic carbocycles. The van der Waals surface area contributed by atoms with Gasteiger partial charge in [0.1, 0.15) is 0 Å². The van der Waals surface area contributed by atoms with Gasteiger partial charge in [0.05, 0.1) is 0 Å². The standard InChI is InChI=1S/C24H27P.HI/c1-20(17-21-11-5-2-6-12-21)24(25,18-22-13-7-3-8-14-22)19-23-15-9-4-10-16-23;/h2-16,20H,17-19,25H2,1H3;1H. The van der Waals surface area contributed by atoms with Crippen molar-refractivity contribution in [1.29, 1.82) is 0 Å². The summed E-state index contributed by atoms with van der Waals surface area (Å²) in [5, 5.41) is 0.137. The van der Waals surface area contributed by atoms with Gasteiger partial charge in [-0.1, -0.05) is 97.9 Å². The molecule has 26 heavy (non-hydrogen) atoms. The predicted octanol–water partition coefficient (Wildman–Crippen LogP) is 6.58. The maximum absolute atomic E-state index is 3.22. The first kappa shape index (κ1) is 21.1. The van der Waals surface area contributed by atoms with Crippen molar-refractivity contribution in [3.63, 3.8) is 0 Å². The molecular weight excluding hydrogens is 446 g/mol. The lowest BCUT2D eigenvalue weighted by atomic mass is 9.79. The summed E-state index contributed by atoms with van der Waals surface area (Å²) in [5.74, 6) is 0.556. The highest BCUT2D eigenvalue weighted by Gasteiger charge is 2.32. The topological polar surface area (TPSA) is 0 Å². The first-order chi connectivity index (χ1) is 12.2. The number of rotatable bonds is 7. The third-order valence-electron chi connectivity index (χ3n) is 5.12. The third-order valence-corrected chi connectivity index (χ3v) is 6.10. The van der Waals surface area contributed by atoms with Gasteiger partial charge in [0.2, 0.25) is 0 Å². The maximum Gasteiger partial charge on any atom is -0.00411 e. The lowest BCUT2D eigenvalue weighted by molar-refractivity contribution is 0.394. The Morgan fingerprint density at radius 1 is 0.654 bits per heavy atom. The smallest absolute Gasteiger partial charge is 0.00411 e. The van der Waals surface area contributed by atoms with E-state index in [-0.39, 0.29) is 29.1 Å². The van der Waals surface area contributed by atoms with Crippen molar-refractivity contribution in [3.05, 3.63) is 108 Å². The Kier molecular flexibility index (Phi) is 8.31. The second kappa shape index (κ2) is 10.2. The first-order valence-electron chi connectivity index (χ1n) is 9.06. The molecule has 0 spiro atoms. The molecule has 3 aromatic rings. The molecular formula is C24H28IP. The van der Waals surface area contributed by atoms with Crippen molar-refractivity contribution in [2.45, 2.75) is 31.3 Å². The second-order valence-corrected chi connectivity index (χ2v) is 8.30. The van der Waals surface area contributed by atoms with Crippen LogP contribution < -0.4 is 0 Å². The van der Waals surface area contributed by atoms with Crippen LogP contribution in [0, 0.1) is 5.92 Å². The van der Waals surface area contributed by atoms with Gasteiger partial charge in [0.25, 0.3) is 0 Å². The fourth-order valence-electron chi connectivity index (χ4n) is 3.53. The molecule has 2 heteroatoms. The van der Waals surface area contributed by atoms with Crippen molar-refractivity contribution in [2.24, 2.45) is 5.92 Å². The Hall–Kier alpha value is -1.18. The molecule has 0 aliphatic heterocycles. The van der Waals surface area contributed by atoms with Crippen LogP contribution in [-0.4, -0.2) is 5.16 Å². The molecule has 0 aliphatic rings. The van der Waals surface area contributed by atoms with Crippen molar-refractivity contribution in [2.75, 3.05) is 0 Å². The van der Waals surface area contributed by atoms with E-state index in [9.17, 15) is 0 Å². The van der Waals surface area contributed by atoms with E-state index in [1.54, 1.807) is 0 Å². The van der Waals surface area contributed by atoms with Crippen molar-refractivity contribution < 1.29 is 0 Å². The molecule has 0 aromatic heterocycles. The van der Waals surface area contributed by atoms with Crippen LogP contribution in [0.4, 0.5) is 0 Å². The minimum absolute atomic E-state index is 0. The number of hydrogen-bond donors (Lipinski definition) is 0. The minimum atomic E-state index is 0. The van der Waals surface area contributed by atoms with Crippen LogP contribution in [-0.2, 0) is 19.3 Å². The Balaban J connectivity index is 0.00000243. The van der Waals surface area contributed by atoms with E-state index < -0.39 is 0 Å². The van der Waals surface area contributed by atoms with Crippen LogP contribution in [0.25, 0.3) is 0 Å². The highest BCUT2D eigenvalue weighted by Crippen LogP contribution is 2.37. The molecule has 136 valence electrons. The molecule has 3 rings (SSSR count). The van der Waals surface area contributed by atoms with Gasteiger partial charge in [-0.3, -0.25) is 0 Å². The quantitative estimate of drug-likeness (QED) is 0.268. The highest BCUT2D eigenvalue weighted by atomic mass is 127. The Morgan fingerprint density at radius 2 is 1.00 bits per heavy atom. The van der Waals surface area contributed by atoms with E-state index >= 15 is 0 Å². The van der Waals surface area contributed by atoms with E-state index in [2.05, 4.69) is 107 Å². The van der Waals surface area contributed by atoms with Crippen LogP contribution >= 0.6 is 33.2 Å². The molecule has 0 amide bonds. The Labute approximate surface area is 177 Å². The molecule has 0 N–H and O–H groups in total. The number of hydrogen-bond acceptors (Lipinski definition) is 0. The lowest BCUT2D eigenvalue weighted by Gasteiger charge is -2.36. The van der Waals surface area contributed by atoms with Crippen LogP contribution in [0.15, 0.2) is 91.0 Å². The van der Waals surface area contributed by atoms with E-state index in [0.717, 1.165) is 19.3 Å². The summed E-state index contributed by atoms with van der Waals surface area (Å²) in [6, 6.07) is 32.6. The van der Waals surface area contributed by atoms with Crippen molar-refractivity contribution in [1.82, 2.24) is 0 Å². The van der Waals surface area contributed by atoms with E-state index in [1.165, 1.54) is 16.7 Å². The molecule has 0 nitrogen and oxygen atoms in total. The largest absolute Gasteiger partial charge is 0.130 e. The van der Waals surface area contributed by atoms with Crippen LogP contribution in [0.2, 0.25) is 0 Å². The zero-order valence-corrected chi connectivity index (χ0v) is 18.8. The highest BCUT2D eigenvalue weighted by molar-refractivity contribution is 14.0. The van der Waals surface area contributed by atoms with Gasteiger partial charge in [0, 0.05) is 0 Å². The molecule has 0 fully saturated rings. The maximum atomic E-state index is 3.22. The van der Waals surface area contributed by atoms with Crippen molar-refractivity contribution >= 4 is 33.2 Å². The monoisotopic (exact) mass is 474 g/mol. The summed E-state index contributed by atoms with van der Waals surface area (Å²) in [6.07, 6.45) is 3.24. The molecule has 0 heterocycles. The molecule has 0 saturated heterocycles. The van der Waals surface area contributed by atoms with Crippen LogP contribution in [0.5, 0.6) is 0 Å². The van der Waals surface area contributed by atoms with Gasteiger partial charge in [-0.25, -0.2) is 0 Å². The van der Waals surface area contributed by atoms with E-state index in [4.69, 9.17) is 0 Å². The summed E-state index contributed by atoms with van der Waals surface area (Å²) in [4.78, 5) is 0. The molecule has 2 unspecified atom stereocenters. The zero-order valence-electron chi connectivity index (χ0n) is 15.3. The van der Waals surface area contributed by atoms with Gasteiger partial charge in [-0.2, -0.15) is 0 Å². The van der Waals surface area contributed by atoms with Crippen LogP contribution in [0.1, 0.15) is 23.6 Å². The van der Waals surface area contributed by atoms with Gasteiger partial charge in [-0.05, 0) is 47.0 Å². The van der Waals surface area contributed by atoms with Gasteiger partial charge in [-0.15, -0.1) is 33.2 Å². The van der Waals surface area contributed by atoms with Gasteiger partial charge < -0.3 is 0 Å². The molecule has 0 radical (unpaired) electrons. The zero-order chi connectivity index (χ0) is 17.5. The van der Waals surface area contributed by atoms with Gasteiger partial charge in [0.15, 0.2) is 0 Å². The van der Waals surface area contributed by atoms with E-state index in [1.807, 2.05) is 0 Å². The summed E-state index contributed by atoms with van der Waals surface area (Å²) in [6.45, 7) is 2.39. The fraction of sp³-hybridized carbons (Fsp3) is 0.250. The summed E-state index contributed by atoms with van der Waals surface area (Å²) >= 11 is 0. The number of halogens is 1. The predicted molar refractivity (Wildman–Crippen MR) is 127 cm³/mol. The number of benzene rings is 3. The molecule has 0 saturated carbocycles. The Morgan fingerprint density at radius 3 is 1.38 bits per heavy atom. The molecule has 0 bridgehead atoms. The van der Waals surface area contributed by atoms with Crippen LogP contribution in [0.3, 0.4) is 0 Å². The SMILES string of the molecule is CC(Cc1ccccc1)C(P)(Cc1ccccc1)Cc1ccccc1.I. The van der Waals surface area contributed by atoms with E-state index in [0.29, 0.717) is 5.92 Å². The normalized spacial score (nSPS) is 12.2. The third kappa shape index (κ3) is 5.93. The average molecular weight is 474 g/mol. The second-order valence-electron chi connectivity index (χ2n) is 7.15. The molecule has 2 atom stereocenters. The lowest BCUT2D eigenvalue weighted by Crippen LogP contribution is -2.36. The van der Waals surface area contributed by atoms with Gasteiger partial charge >= 0.3 is 0 Å². The molecule has 3 aromatic carbocycles.